The fraction of sp³-hybridized carbons (Fsp3) is 0.250. The molecule has 0 saturated carbocycles. The number of carbonyl (C=O) groups excluding carboxylic acids is 1. The predicted octanol–water partition coefficient (Wildman–Crippen LogP) is 5.52. The molecule has 0 bridgehead atoms. The highest BCUT2D eigenvalue weighted by Gasteiger charge is 2.25. The van der Waals surface area contributed by atoms with E-state index in [1.165, 1.54) is 5.56 Å². The topological polar surface area (TPSA) is 55.3 Å². The molecule has 1 aliphatic heterocycles. The van der Waals surface area contributed by atoms with Crippen LogP contribution in [0.15, 0.2) is 66.7 Å². The summed E-state index contributed by atoms with van der Waals surface area (Å²) >= 11 is 0. The van der Waals surface area contributed by atoms with Gasteiger partial charge in [0.2, 0.25) is 5.91 Å². The summed E-state index contributed by atoms with van der Waals surface area (Å²) in [7, 11) is 0. The number of aromatic nitrogens is 2. The zero-order valence-corrected chi connectivity index (χ0v) is 19.2. The Morgan fingerprint density at radius 1 is 1.00 bits per heavy atom. The van der Waals surface area contributed by atoms with Crippen molar-refractivity contribution in [2.75, 3.05) is 11.4 Å². The molecule has 0 saturated heterocycles. The summed E-state index contributed by atoms with van der Waals surface area (Å²) in [5, 5.41) is 11.0. The molecular weight excluding hydrogens is 410 g/mol. The molecule has 1 aromatic heterocycles. The lowest BCUT2D eigenvalue weighted by atomic mass is 10.0. The molecule has 4 aromatic rings. The minimum absolute atomic E-state index is 0.0995. The van der Waals surface area contributed by atoms with E-state index < -0.39 is 0 Å². The van der Waals surface area contributed by atoms with Crippen LogP contribution < -0.4 is 9.64 Å². The van der Waals surface area contributed by atoms with Crippen LogP contribution in [0.2, 0.25) is 0 Å². The Morgan fingerprint density at radius 3 is 2.52 bits per heavy atom. The normalized spacial score (nSPS) is 12.9. The molecule has 33 heavy (non-hydrogen) atoms. The number of nitrogens with zero attached hydrogens (tertiary/aromatic N) is 3. The number of benzene rings is 3. The molecule has 0 radical (unpaired) electrons. The molecule has 0 atom stereocenters. The Balaban J connectivity index is 1.35. The monoisotopic (exact) mass is 437 g/mol. The first kappa shape index (κ1) is 21.1. The molecule has 0 aliphatic carbocycles. The van der Waals surface area contributed by atoms with Gasteiger partial charge in [0, 0.05) is 28.9 Å². The molecule has 166 valence electrons. The van der Waals surface area contributed by atoms with Gasteiger partial charge in [-0.3, -0.25) is 4.79 Å². The van der Waals surface area contributed by atoms with Crippen molar-refractivity contribution in [3.05, 3.63) is 83.6 Å². The molecule has 1 amide bonds. The van der Waals surface area contributed by atoms with Crippen LogP contribution in [-0.2, 0) is 17.6 Å². The summed E-state index contributed by atoms with van der Waals surface area (Å²) < 4.78 is 5.83. The predicted molar refractivity (Wildman–Crippen MR) is 132 cm³/mol. The molecule has 0 N–H and O–H groups in total. The van der Waals surface area contributed by atoms with E-state index in [1.54, 1.807) is 0 Å². The van der Waals surface area contributed by atoms with Crippen LogP contribution in [0.5, 0.6) is 5.75 Å². The third-order valence-electron chi connectivity index (χ3n) is 6.08. The van der Waals surface area contributed by atoms with Crippen LogP contribution in [0.4, 0.5) is 5.69 Å². The third kappa shape index (κ3) is 4.19. The first-order valence-electron chi connectivity index (χ1n) is 11.4. The number of hydrogen-bond donors (Lipinski definition) is 0. The van der Waals surface area contributed by atoms with Crippen LogP contribution in [0.1, 0.15) is 30.7 Å². The summed E-state index contributed by atoms with van der Waals surface area (Å²) in [6.07, 6.45) is 1.33. The Morgan fingerprint density at radius 2 is 1.76 bits per heavy atom. The number of ether oxygens (including phenoxy) is 1. The van der Waals surface area contributed by atoms with Crippen LogP contribution in [0.3, 0.4) is 0 Å². The van der Waals surface area contributed by atoms with Crippen molar-refractivity contribution in [2.24, 2.45) is 0 Å². The van der Waals surface area contributed by atoms with E-state index in [0.29, 0.717) is 13.0 Å². The van der Waals surface area contributed by atoms with Crippen molar-refractivity contribution >= 4 is 22.4 Å². The number of amides is 1. The number of fused-ring (bicyclic) bond motifs is 2. The van der Waals surface area contributed by atoms with Crippen molar-refractivity contribution in [1.82, 2.24) is 10.2 Å². The summed E-state index contributed by atoms with van der Waals surface area (Å²) in [5.41, 5.74) is 5.92. The minimum Gasteiger partial charge on any atom is -0.491 e. The summed E-state index contributed by atoms with van der Waals surface area (Å²) in [6, 6.07) is 22.3. The first-order chi connectivity index (χ1) is 16.0. The Hall–Kier alpha value is -3.73. The maximum Gasteiger partial charge on any atom is 0.231 e. The standard InChI is InChI=1S/C28H27N3O2/c1-18(2)33-23-13-12-21-14-15-31(26(21)17-23)27(32)16-20-8-10-22(11-9-20)28-25-7-5-4-6-24(25)19(3)29-30-28/h4-13,17-18H,14-16H2,1-3H3. The van der Waals surface area contributed by atoms with Crippen molar-refractivity contribution in [3.63, 3.8) is 0 Å². The number of carbonyl (C=O) groups is 1. The van der Waals surface area contributed by atoms with Gasteiger partial charge in [0.25, 0.3) is 0 Å². The molecule has 5 nitrogen and oxygen atoms in total. The SMILES string of the molecule is Cc1nnc(-c2ccc(CC(=O)N3CCc4ccc(OC(C)C)cc43)cc2)c2ccccc12. The lowest BCUT2D eigenvalue weighted by molar-refractivity contribution is -0.117. The molecule has 5 rings (SSSR count). The van der Waals surface area contributed by atoms with E-state index >= 15 is 0 Å². The minimum atomic E-state index is 0.0995. The zero-order chi connectivity index (χ0) is 22.9. The van der Waals surface area contributed by atoms with Gasteiger partial charge in [0.15, 0.2) is 0 Å². The van der Waals surface area contributed by atoms with E-state index in [1.807, 2.05) is 74.2 Å². The maximum atomic E-state index is 13.1. The second-order valence-corrected chi connectivity index (χ2v) is 8.81. The van der Waals surface area contributed by atoms with E-state index in [2.05, 4.69) is 28.4 Å². The average molecular weight is 438 g/mol. The van der Waals surface area contributed by atoms with E-state index in [9.17, 15) is 4.79 Å². The molecule has 0 spiro atoms. The fourth-order valence-corrected chi connectivity index (χ4v) is 4.47. The number of rotatable bonds is 5. The highest BCUT2D eigenvalue weighted by Crippen LogP contribution is 2.33. The van der Waals surface area contributed by atoms with Gasteiger partial charge >= 0.3 is 0 Å². The van der Waals surface area contributed by atoms with E-state index in [4.69, 9.17) is 4.74 Å². The number of hydrogen-bond acceptors (Lipinski definition) is 4. The van der Waals surface area contributed by atoms with Gasteiger partial charge in [-0.1, -0.05) is 54.6 Å². The Kier molecular flexibility index (Phi) is 5.55. The molecule has 0 fully saturated rings. The van der Waals surface area contributed by atoms with Gasteiger partial charge < -0.3 is 9.64 Å². The highest BCUT2D eigenvalue weighted by atomic mass is 16.5. The van der Waals surface area contributed by atoms with Crippen molar-refractivity contribution in [1.29, 1.82) is 0 Å². The van der Waals surface area contributed by atoms with Crippen molar-refractivity contribution in [2.45, 2.75) is 39.7 Å². The third-order valence-corrected chi connectivity index (χ3v) is 6.08. The van der Waals surface area contributed by atoms with Crippen LogP contribution in [-0.4, -0.2) is 28.8 Å². The van der Waals surface area contributed by atoms with Gasteiger partial charge in [-0.25, -0.2) is 0 Å². The van der Waals surface area contributed by atoms with E-state index in [0.717, 1.165) is 51.1 Å². The first-order valence-corrected chi connectivity index (χ1v) is 11.4. The summed E-state index contributed by atoms with van der Waals surface area (Å²) in [4.78, 5) is 15.0. The van der Waals surface area contributed by atoms with Gasteiger partial charge in [-0.15, -0.1) is 5.10 Å². The lowest BCUT2D eigenvalue weighted by Crippen LogP contribution is -2.30. The average Bonchev–Trinajstić information content (AvgIpc) is 3.23. The van der Waals surface area contributed by atoms with Gasteiger partial charge in [-0.05, 0) is 44.4 Å². The quantitative estimate of drug-likeness (QED) is 0.412. The van der Waals surface area contributed by atoms with Gasteiger partial charge in [0.05, 0.1) is 23.9 Å². The van der Waals surface area contributed by atoms with Crippen LogP contribution >= 0.6 is 0 Å². The number of anilines is 1. The Bertz CT molecular complexity index is 1330. The second kappa shape index (κ2) is 8.66. The smallest absolute Gasteiger partial charge is 0.231 e. The van der Waals surface area contributed by atoms with Crippen LogP contribution in [0, 0.1) is 6.92 Å². The fourth-order valence-electron chi connectivity index (χ4n) is 4.47. The maximum absolute atomic E-state index is 13.1. The molecule has 5 heteroatoms. The largest absolute Gasteiger partial charge is 0.491 e. The Labute approximate surface area is 194 Å². The molecule has 2 heterocycles. The number of aryl methyl sites for hydroxylation is 1. The van der Waals surface area contributed by atoms with Crippen molar-refractivity contribution in [3.8, 4) is 17.0 Å². The summed E-state index contributed by atoms with van der Waals surface area (Å²) in [6.45, 7) is 6.69. The lowest BCUT2D eigenvalue weighted by Gasteiger charge is -2.19. The zero-order valence-electron chi connectivity index (χ0n) is 19.2. The second-order valence-electron chi connectivity index (χ2n) is 8.81. The molecular formula is C28H27N3O2. The van der Waals surface area contributed by atoms with Crippen molar-refractivity contribution < 1.29 is 9.53 Å². The van der Waals surface area contributed by atoms with Crippen LogP contribution in [0.25, 0.3) is 22.0 Å². The van der Waals surface area contributed by atoms with Gasteiger partial charge in [0.1, 0.15) is 11.4 Å². The molecule has 0 unspecified atom stereocenters. The molecule has 3 aromatic carbocycles. The molecule has 1 aliphatic rings. The van der Waals surface area contributed by atoms with Gasteiger partial charge in [-0.2, -0.15) is 5.10 Å². The highest BCUT2D eigenvalue weighted by molar-refractivity contribution is 5.97. The van der Waals surface area contributed by atoms with E-state index in [-0.39, 0.29) is 12.0 Å². The summed E-state index contributed by atoms with van der Waals surface area (Å²) in [5.74, 6) is 0.906.